The van der Waals surface area contributed by atoms with Gasteiger partial charge in [-0.2, -0.15) is 0 Å². The Morgan fingerprint density at radius 3 is 2.48 bits per heavy atom. The maximum atomic E-state index is 12.0. The Balaban J connectivity index is 2.25. The number of allylic oxidation sites excluding steroid dienone is 1. The van der Waals surface area contributed by atoms with Crippen molar-refractivity contribution in [2.75, 3.05) is 13.2 Å². The van der Waals surface area contributed by atoms with Crippen LogP contribution in [0, 0.1) is 6.92 Å². The summed E-state index contributed by atoms with van der Waals surface area (Å²) in [5, 5.41) is 2.98. The Kier molecular flexibility index (Phi) is 6.01. The van der Waals surface area contributed by atoms with Crippen LogP contribution in [0.25, 0.3) is 6.08 Å². The van der Waals surface area contributed by atoms with E-state index in [0.717, 1.165) is 22.5 Å². The van der Waals surface area contributed by atoms with Crippen LogP contribution in [0.15, 0.2) is 5.70 Å². The van der Waals surface area contributed by atoms with Crippen LogP contribution >= 0.6 is 0 Å². The molecule has 1 aromatic heterocycles. The maximum Gasteiger partial charge on any atom is 0.355 e. The number of H-pyrrole nitrogens is 1. The van der Waals surface area contributed by atoms with Crippen LogP contribution in [0.4, 0.5) is 0 Å². The highest BCUT2D eigenvalue weighted by atomic mass is 16.5. The van der Waals surface area contributed by atoms with Crippen molar-refractivity contribution in [3.63, 3.8) is 0 Å². The standard InChI is InChI=1S/C18H24N2O5/c1-5-24-17(22)15-10(3)13-9-12(7-8-14(13)20-15)19-16(11(4)21)18(23)25-6-2/h9,16,19-20H,5-8H2,1-4H3. The molecule has 0 fully saturated rings. The fourth-order valence-electron chi connectivity index (χ4n) is 2.83. The van der Waals surface area contributed by atoms with Gasteiger partial charge in [0.2, 0.25) is 0 Å². The number of carbonyl (C=O) groups excluding carboxylic acids is 3. The second-order valence-electron chi connectivity index (χ2n) is 5.85. The molecule has 136 valence electrons. The predicted molar refractivity (Wildman–Crippen MR) is 92.0 cm³/mol. The molecule has 1 heterocycles. The number of aromatic nitrogens is 1. The second-order valence-corrected chi connectivity index (χ2v) is 5.85. The third-order valence-corrected chi connectivity index (χ3v) is 4.08. The molecule has 1 aromatic rings. The number of carbonyl (C=O) groups is 3. The number of fused-ring (bicyclic) bond motifs is 1. The fourth-order valence-corrected chi connectivity index (χ4v) is 2.83. The average Bonchev–Trinajstić information content (AvgIpc) is 2.89. The number of rotatable bonds is 7. The summed E-state index contributed by atoms with van der Waals surface area (Å²) in [6.45, 7) is 7.17. The predicted octanol–water partition coefficient (Wildman–Crippen LogP) is 1.90. The van der Waals surface area contributed by atoms with Crippen molar-refractivity contribution in [2.45, 2.75) is 46.6 Å². The van der Waals surface area contributed by atoms with E-state index in [1.165, 1.54) is 6.92 Å². The number of esters is 2. The molecule has 7 heteroatoms. The SMILES string of the molecule is CCOC(=O)c1[nH]c2c(c1C)C=C(NC(C(C)=O)C(=O)OCC)CC2. The summed E-state index contributed by atoms with van der Waals surface area (Å²) in [5.74, 6) is -1.27. The van der Waals surface area contributed by atoms with Crippen LogP contribution in [0.5, 0.6) is 0 Å². The zero-order chi connectivity index (χ0) is 18.6. The van der Waals surface area contributed by atoms with E-state index in [-0.39, 0.29) is 18.4 Å². The van der Waals surface area contributed by atoms with Crippen molar-refractivity contribution in [3.05, 3.63) is 28.2 Å². The van der Waals surface area contributed by atoms with E-state index < -0.39 is 12.0 Å². The maximum absolute atomic E-state index is 12.0. The van der Waals surface area contributed by atoms with Crippen molar-refractivity contribution in [1.29, 1.82) is 0 Å². The zero-order valence-electron chi connectivity index (χ0n) is 15.0. The lowest BCUT2D eigenvalue weighted by molar-refractivity contribution is -0.148. The highest BCUT2D eigenvalue weighted by Crippen LogP contribution is 2.28. The summed E-state index contributed by atoms with van der Waals surface area (Å²) < 4.78 is 10.0. The lowest BCUT2D eigenvalue weighted by Crippen LogP contribution is -2.43. The lowest BCUT2D eigenvalue weighted by Gasteiger charge is -2.21. The van der Waals surface area contributed by atoms with Crippen LogP contribution in [0.3, 0.4) is 0 Å². The van der Waals surface area contributed by atoms with E-state index in [9.17, 15) is 14.4 Å². The first-order valence-electron chi connectivity index (χ1n) is 8.41. The minimum absolute atomic E-state index is 0.216. The summed E-state index contributed by atoms with van der Waals surface area (Å²) in [4.78, 5) is 38.8. The molecule has 0 saturated heterocycles. The first kappa shape index (κ1) is 18.8. The molecule has 0 bridgehead atoms. The highest BCUT2D eigenvalue weighted by molar-refractivity contribution is 6.02. The van der Waals surface area contributed by atoms with E-state index in [1.54, 1.807) is 13.8 Å². The number of aryl methyl sites for hydroxylation is 1. The monoisotopic (exact) mass is 348 g/mol. The zero-order valence-corrected chi connectivity index (χ0v) is 15.0. The van der Waals surface area contributed by atoms with Gasteiger partial charge >= 0.3 is 11.9 Å². The van der Waals surface area contributed by atoms with Gasteiger partial charge in [0.05, 0.1) is 13.2 Å². The van der Waals surface area contributed by atoms with Gasteiger partial charge in [0.1, 0.15) is 5.69 Å². The summed E-state index contributed by atoms with van der Waals surface area (Å²) in [7, 11) is 0. The van der Waals surface area contributed by atoms with E-state index in [0.29, 0.717) is 25.1 Å². The second kappa shape index (κ2) is 8.00. The van der Waals surface area contributed by atoms with Crippen LogP contribution in [-0.4, -0.2) is 42.0 Å². The number of aromatic amines is 1. The van der Waals surface area contributed by atoms with E-state index >= 15 is 0 Å². The number of Topliss-reactive ketones (excluding diaryl/α,β-unsaturated/α-hetero) is 1. The number of hydrogen-bond acceptors (Lipinski definition) is 6. The molecule has 0 aromatic carbocycles. The van der Waals surface area contributed by atoms with Gasteiger partial charge in [0.15, 0.2) is 11.8 Å². The quantitative estimate of drug-likeness (QED) is 0.577. The van der Waals surface area contributed by atoms with E-state index in [4.69, 9.17) is 9.47 Å². The van der Waals surface area contributed by atoms with Crippen LogP contribution in [0.1, 0.15) is 54.5 Å². The topological polar surface area (TPSA) is 97.5 Å². The number of hydrogen-bond donors (Lipinski definition) is 2. The molecule has 0 radical (unpaired) electrons. The van der Waals surface area contributed by atoms with Crippen molar-refractivity contribution < 1.29 is 23.9 Å². The van der Waals surface area contributed by atoms with Gasteiger partial charge in [-0.15, -0.1) is 0 Å². The minimum Gasteiger partial charge on any atom is -0.464 e. The largest absolute Gasteiger partial charge is 0.464 e. The van der Waals surface area contributed by atoms with Crippen molar-refractivity contribution in [1.82, 2.24) is 10.3 Å². The molecule has 2 rings (SSSR count). The molecular formula is C18H24N2O5. The van der Waals surface area contributed by atoms with Crippen LogP contribution < -0.4 is 5.32 Å². The Morgan fingerprint density at radius 1 is 1.20 bits per heavy atom. The highest BCUT2D eigenvalue weighted by Gasteiger charge is 2.27. The third kappa shape index (κ3) is 4.10. The average molecular weight is 348 g/mol. The smallest absolute Gasteiger partial charge is 0.355 e. The van der Waals surface area contributed by atoms with E-state index in [2.05, 4.69) is 10.3 Å². The normalized spacial score (nSPS) is 14.2. The molecule has 0 spiro atoms. The molecule has 0 saturated carbocycles. The van der Waals surface area contributed by atoms with Gasteiger partial charge < -0.3 is 19.8 Å². The van der Waals surface area contributed by atoms with Crippen LogP contribution in [0.2, 0.25) is 0 Å². The minimum atomic E-state index is -1.02. The van der Waals surface area contributed by atoms with Gasteiger partial charge in [-0.25, -0.2) is 9.59 Å². The Hall–Kier alpha value is -2.57. The van der Waals surface area contributed by atoms with Gasteiger partial charge in [0, 0.05) is 17.0 Å². The number of ketones is 1. The summed E-state index contributed by atoms with van der Waals surface area (Å²) in [6.07, 6.45) is 3.16. The molecule has 1 atom stereocenters. The number of nitrogens with one attached hydrogen (secondary N) is 2. The van der Waals surface area contributed by atoms with Gasteiger partial charge in [0.25, 0.3) is 0 Å². The van der Waals surface area contributed by atoms with Gasteiger partial charge in [-0.1, -0.05) is 0 Å². The van der Waals surface area contributed by atoms with Crippen molar-refractivity contribution >= 4 is 23.8 Å². The third-order valence-electron chi connectivity index (χ3n) is 4.08. The first-order valence-corrected chi connectivity index (χ1v) is 8.41. The van der Waals surface area contributed by atoms with Crippen molar-refractivity contribution in [3.8, 4) is 0 Å². The molecule has 0 amide bonds. The van der Waals surface area contributed by atoms with Gasteiger partial charge in [-0.3, -0.25) is 4.79 Å². The van der Waals surface area contributed by atoms with Crippen molar-refractivity contribution in [2.24, 2.45) is 0 Å². The lowest BCUT2D eigenvalue weighted by atomic mass is 9.98. The molecule has 1 aliphatic carbocycles. The Labute approximate surface area is 146 Å². The number of ether oxygens (including phenoxy) is 2. The molecular weight excluding hydrogens is 324 g/mol. The molecule has 25 heavy (non-hydrogen) atoms. The Bertz CT molecular complexity index is 717. The summed E-state index contributed by atoms with van der Waals surface area (Å²) in [5.41, 5.74) is 3.84. The van der Waals surface area contributed by atoms with Gasteiger partial charge in [-0.05, 0) is 52.2 Å². The molecule has 0 aliphatic heterocycles. The molecule has 2 N–H and O–H groups in total. The Morgan fingerprint density at radius 2 is 1.88 bits per heavy atom. The molecule has 1 unspecified atom stereocenters. The summed E-state index contributed by atoms with van der Waals surface area (Å²) >= 11 is 0. The molecule has 7 nitrogen and oxygen atoms in total. The first-order chi connectivity index (χ1) is 11.9. The fraction of sp³-hybridized carbons (Fsp3) is 0.500. The van der Waals surface area contributed by atoms with E-state index in [1.807, 2.05) is 13.0 Å². The molecule has 1 aliphatic rings. The van der Waals surface area contributed by atoms with Crippen LogP contribution in [-0.2, 0) is 25.5 Å². The summed E-state index contributed by atoms with van der Waals surface area (Å²) in [6, 6.07) is -1.02.